The predicted octanol–water partition coefficient (Wildman–Crippen LogP) is 6.93. The molecule has 3 N–H and O–H groups in total. The number of aromatic carboxylic acids is 1. The Balaban J connectivity index is 1.42. The lowest BCUT2D eigenvalue weighted by Gasteiger charge is -2.14. The number of thioether (sulfide) groups is 1. The minimum absolute atomic E-state index is 0.0254. The largest absolute Gasteiger partial charge is 0.478 e. The van der Waals surface area contributed by atoms with Gasteiger partial charge >= 0.3 is 12.1 Å². The summed E-state index contributed by atoms with van der Waals surface area (Å²) in [6.45, 7) is 1.63. The van der Waals surface area contributed by atoms with E-state index in [0.29, 0.717) is 21.4 Å². The standard InChI is InChI=1S/C28H21F3N2O4S/c1-16(25(34)33-20-8-4-7-18(15-20)28(29,30)31)38-21-13-11-19(12-14-21)32-26(35)22-9-2-5-17-6-3-10-23(24(17)22)27(36)37/h2-16H,1H3,(H,32,35)(H,33,34)(H,36,37). The van der Waals surface area contributed by atoms with Gasteiger partial charge in [-0.2, -0.15) is 13.2 Å². The van der Waals surface area contributed by atoms with Crippen molar-refractivity contribution in [3.8, 4) is 0 Å². The van der Waals surface area contributed by atoms with Gasteiger partial charge in [-0.15, -0.1) is 11.8 Å². The number of anilines is 2. The molecule has 4 aromatic rings. The van der Waals surface area contributed by atoms with Crippen molar-refractivity contribution in [3.05, 3.63) is 102 Å². The van der Waals surface area contributed by atoms with Crippen molar-refractivity contribution in [1.29, 1.82) is 0 Å². The van der Waals surface area contributed by atoms with E-state index in [-0.39, 0.29) is 16.8 Å². The number of benzene rings is 4. The number of alkyl halides is 3. The van der Waals surface area contributed by atoms with Crippen LogP contribution in [0.15, 0.2) is 89.8 Å². The first-order valence-corrected chi connectivity index (χ1v) is 12.2. The molecule has 2 amide bonds. The summed E-state index contributed by atoms with van der Waals surface area (Å²) in [6.07, 6.45) is -4.51. The molecule has 0 aromatic heterocycles. The minimum Gasteiger partial charge on any atom is -0.478 e. The van der Waals surface area contributed by atoms with Gasteiger partial charge in [-0.3, -0.25) is 9.59 Å². The second-order valence-corrected chi connectivity index (χ2v) is 9.74. The predicted molar refractivity (Wildman–Crippen MR) is 141 cm³/mol. The Morgan fingerprint density at radius 2 is 1.45 bits per heavy atom. The molecule has 1 unspecified atom stereocenters. The van der Waals surface area contributed by atoms with Crippen LogP contribution >= 0.6 is 11.8 Å². The minimum atomic E-state index is -4.51. The fourth-order valence-electron chi connectivity index (χ4n) is 3.80. The molecule has 0 aliphatic rings. The number of carbonyl (C=O) groups is 3. The number of nitrogens with one attached hydrogen (secondary N) is 2. The molecular formula is C28H21F3N2O4S. The quantitative estimate of drug-likeness (QED) is 0.222. The highest BCUT2D eigenvalue weighted by Crippen LogP contribution is 2.31. The Morgan fingerprint density at radius 3 is 2.08 bits per heavy atom. The number of halogens is 3. The maximum absolute atomic E-state index is 13.0. The van der Waals surface area contributed by atoms with Gasteiger partial charge in [0.2, 0.25) is 5.91 Å². The maximum atomic E-state index is 13.0. The van der Waals surface area contributed by atoms with Crippen LogP contribution in [-0.4, -0.2) is 28.1 Å². The lowest BCUT2D eigenvalue weighted by atomic mass is 9.98. The number of fused-ring (bicyclic) bond motifs is 1. The van der Waals surface area contributed by atoms with Crippen LogP contribution in [0, 0.1) is 0 Å². The van der Waals surface area contributed by atoms with E-state index in [2.05, 4.69) is 10.6 Å². The summed E-state index contributed by atoms with van der Waals surface area (Å²) < 4.78 is 38.7. The van der Waals surface area contributed by atoms with Crippen LogP contribution in [0.25, 0.3) is 10.8 Å². The van der Waals surface area contributed by atoms with Crippen LogP contribution in [-0.2, 0) is 11.0 Å². The molecule has 0 saturated heterocycles. The second-order valence-electron chi connectivity index (χ2n) is 8.32. The summed E-state index contributed by atoms with van der Waals surface area (Å²) in [7, 11) is 0. The first kappa shape index (κ1) is 26.7. The van der Waals surface area contributed by atoms with Crippen LogP contribution in [0.1, 0.15) is 33.2 Å². The van der Waals surface area contributed by atoms with Crippen LogP contribution in [0.4, 0.5) is 24.5 Å². The van der Waals surface area contributed by atoms with Crippen molar-refractivity contribution in [1.82, 2.24) is 0 Å². The molecule has 194 valence electrons. The molecular weight excluding hydrogens is 517 g/mol. The summed E-state index contributed by atoms with van der Waals surface area (Å²) in [5.41, 5.74) is -0.0905. The van der Waals surface area contributed by atoms with E-state index in [9.17, 15) is 32.7 Å². The third kappa shape index (κ3) is 6.15. The lowest BCUT2D eigenvalue weighted by Crippen LogP contribution is -2.22. The highest BCUT2D eigenvalue weighted by atomic mass is 32.2. The first-order chi connectivity index (χ1) is 18.0. The molecule has 0 bridgehead atoms. The van der Waals surface area contributed by atoms with Gasteiger partial charge in [0.1, 0.15) is 0 Å². The number of carboxylic acids is 1. The van der Waals surface area contributed by atoms with Gasteiger partial charge in [-0.1, -0.05) is 30.3 Å². The van der Waals surface area contributed by atoms with E-state index < -0.39 is 34.8 Å². The van der Waals surface area contributed by atoms with E-state index in [0.717, 1.165) is 12.1 Å². The summed E-state index contributed by atoms with van der Waals surface area (Å²) in [6, 6.07) is 20.8. The average Bonchev–Trinajstić information content (AvgIpc) is 2.88. The van der Waals surface area contributed by atoms with Crippen molar-refractivity contribution >= 4 is 51.7 Å². The van der Waals surface area contributed by atoms with Gasteiger partial charge in [0.25, 0.3) is 5.91 Å². The molecule has 38 heavy (non-hydrogen) atoms. The molecule has 6 nitrogen and oxygen atoms in total. The zero-order valence-electron chi connectivity index (χ0n) is 19.9. The molecule has 0 aliphatic heterocycles. The van der Waals surface area contributed by atoms with E-state index in [1.54, 1.807) is 61.5 Å². The van der Waals surface area contributed by atoms with E-state index in [1.165, 1.54) is 30.0 Å². The Kier molecular flexibility index (Phi) is 7.72. The third-order valence-electron chi connectivity index (χ3n) is 5.63. The first-order valence-electron chi connectivity index (χ1n) is 11.3. The maximum Gasteiger partial charge on any atom is 0.416 e. The average molecular weight is 539 g/mol. The molecule has 0 radical (unpaired) electrons. The number of carboxylic acid groups (broad SMARTS) is 1. The van der Waals surface area contributed by atoms with E-state index >= 15 is 0 Å². The Hall–Kier alpha value is -4.31. The molecule has 4 aromatic carbocycles. The molecule has 0 fully saturated rings. The number of amides is 2. The molecule has 1 atom stereocenters. The zero-order valence-corrected chi connectivity index (χ0v) is 20.7. The fourth-order valence-corrected chi connectivity index (χ4v) is 4.67. The normalized spacial score (nSPS) is 12.1. The van der Waals surface area contributed by atoms with Crippen LogP contribution in [0.3, 0.4) is 0 Å². The summed E-state index contributed by atoms with van der Waals surface area (Å²) in [5.74, 6) is -2.07. The summed E-state index contributed by atoms with van der Waals surface area (Å²) >= 11 is 1.20. The van der Waals surface area contributed by atoms with Crippen molar-refractivity contribution in [2.75, 3.05) is 10.6 Å². The SMILES string of the molecule is CC(Sc1ccc(NC(=O)c2cccc3cccc(C(=O)O)c23)cc1)C(=O)Nc1cccc(C(F)(F)F)c1. The van der Waals surface area contributed by atoms with Crippen LogP contribution in [0.2, 0.25) is 0 Å². The smallest absolute Gasteiger partial charge is 0.416 e. The van der Waals surface area contributed by atoms with Crippen LogP contribution < -0.4 is 10.6 Å². The Morgan fingerprint density at radius 1 is 0.816 bits per heavy atom. The number of hydrogen-bond donors (Lipinski definition) is 3. The highest BCUT2D eigenvalue weighted by Gasteiger charge is 2.30. The zero-order chi connectivity index (χ0) is 27.4. The molecule has 0 heterocycles. The van der Waals surface area contributed by atoms with Crippen molar-refractivity contribution < 1.29 is 32.7 Å². The summed E-state index contributed by atoms with van der Waals surface area (Å²) in [4.78, 5) is 37.9. The lowest BCUT2D eigenvalue weighted by molar-refractivity contribution is -0.137. The van der Waals surface area contributed by atoms with E-state index in [4.69, 9.17) is 0 Å². The number of hydrogen-bond acceptors (Lipinski definition) is 4. The molecule has 0 spiro atoms. The summed E-state index contributed by atoms with van der Waals surface area (Å²) in [5, 5.41) is 15.1. The molecule has 10 heteroatoms. The van der Waals surface area contributed by atoms with Gasteiger partial charge in [0, 0.05) is 27.2 Å². The van der Waals surface area contributed by atoms with Gasteiger partial charge in [0.15, 0.2) is 0 Å². The highest BCUT2D eigenvalue weighted by molar-refractivity contribution is 8.00. The van der Waals surface area contributed by atoms with Gasteiger partial charge in [-0.25, -0.2) is 4.79 Å². The second kappa shape index (κ2) is 11.0. The third-order valence-corrected chi connectivity index (χ3v) is 6.74. The fraction of sp³-hybridized carbons (Fsp3) is 0.107. The van der Waals surface area contributed by atoms with Gasteiger partial charge in [0.05, 0.1) is 16.4 Å². The molecule has 4 rings (SSSR count). The number of carbonyl (C=O) groups excluding carboxylic acids is 2. The van der Waals surface area contributed by atoms with Gasteiger partial charge < -0.3 is 15.7 Å². The topological polar surface area (TPSA) is 95.5 Å². The van der Waals surface area contributed by atoms with Crippen molar-refractivity contribution in [2.45, 2.75) is 23.2 Å². The number of rotatable bonds is 7. The Labute approximate surface area is 219 Å². The monoisotopic (exact) mass is 538 g/mol. The van der Waals surface area contributed by atoms with Crippen LogP contribution in [0.5, 0.6) is 0 Å². The van der Waals surface area contributed by atoms with Gasteiger partial charge in [-0.05, 0) is 66.9 Å². The van der Waals surface area contributed by atoms with Crippen molar-refractivity contribution in [3.63, 3.8) is 0 Å². The Bertz CT molecular complexity index is 1520. The van der Waals surface area contributed by atoms with E-state index in [1.807, 2.05) is 0 Å². The van der Waals surface area contributed by atoms with Crippen molar-refractivity contribution in [2.24, 2.45) is 0 Å². The molecule has 0 saturated carbocycles. The molecule has 0 aliphatic carbocycles.